The van der Waals surface area contributed by atoms with Crippen molar-refractivity contribution in [3.63, 3.8) is 0 Å². The molecule has 0 bridgehead atoms. The normalized spacial score (nSPS) is 10.9. The first kappa shape index (κ1) is 17.2. The molecule has 2 aromatic rings. The van der Waals surface area contributed by atoms with Gasteiger partial charge in [0.25, 0.3) is 5.56 Å². The van der Waals surface area contributed by atoms with E-state index < -0.39 is 0 Å². The summed E-state index contributed by atoms with van der Waals surface area (Å²) >= 11 is 0. The Morgan fingerprint density at radius 1 is 1.26 bits per heavy atom. The highest BCUT2D eigenvalue weighted by Gasteiger charge is 2.08. The van der Waals surface area contributed by atoms with Crippen LogP contribution in [0.2, 0.25) is 0 Å². The molecule has 0 unspecified atom stereocenters. The Labute approximate surface area is 136 Å². The van der Waals surface area contributed by atoms with Gasteiger partial charge in [0.15, 0.2) is 0 Å². The molecule has 0 fully saturated rings. The van der Waals surface area contributed by atoms with Gasteiger partial charge in [-0.3, -0.25) is 9.59 Å². The second kappa shape index (κ2) is 7.92. The van der Waals surface area contributed by atoms with Crippen molar-refractivity contribution >= 4 is 16.8 Å². The number of amides is 1. The van der Waals surface area contributed by atoms with Crippen LogP contribution < -0.4 is 10.9 Å². The molecule has 1 aromatic carbocycles. The topological polar surface area (TPSA) is 71.2 Å². The van der Waals surface area contributed by atoms with E-state index in [4.69, 9.17) is 4.74 Å². The lowest BCUT2D eigenvalue weighted by Crippen LogP contribution is -2.26. The number of hydrogen-bond acceptors (Lipinski definition) is 3. The van der Waals surface area contributed by atoms with Crippen molar-refractivity contribution in [1.82, 2.24) is 10.3 Å². The molecule has 2 N–H and O–H groups in total. The Morgan fingerprint density at radius 2 is 2.04 bits per heavy atom. The maximum atomic E-state index is 12.2. The summed E-state index contributed by atoms with van der Waals surface area (Å²) < 4.78 is 4.93. The van der Waals surface area contributed by atoms with Gasteiger partial charge in [-0.1, -0.05) is 6.07 Å². The first-order chi connectivity index (χ1) is 11.0. The third-order valence-electron chi connectivity index (χ3n) is 3.86. The second-order valence-electron chi connectivity index (χ2n) is 5.86. The maximum absolute atomic E-state index is 12.2. The molecule has 0 saturated carbocycles. The lowest BCUT2D eigenvalue weighted by molar-refractivity contribution is -0.121. The Kier molecular flexibility index (Phi) is 5.93. The first-order valence-electron chi connectivity index (χ1n) is 7.90. The maximum Gasteiger partial charge on any atom is 0.251 e. The fourth-order valence-corrected chi connectivity index (χ4v) is 2.68. The first-order valence-corrected chi connectivity index (χ1v) is 7.90. The van der Waals surface area contributed by atoms with Gasteiger partial charge in [0, 0.05) is 43.1 Å². The van der Waals surface area contributed by atoms with Crippen LogP contribution >= 0.6 is 0 Å². The second-order valence-corrected chi connectivity index (χ2v) is 5.86. The number of methoxy groups -OCH3 is 1. The van der Waals surface area contributed by atoms with Gasteiger partial charge in [0.1, 0.15) is 0 Å². The fourth-order valence-electron chi connectivity index (χ4n) is 2.68. The van der Waals surface area contributed by atoms with E-state index >= 15 is 0 Å². The van der Waals surface area contributed by atoms with Crippen LogP contribution in [0.15, 0.2) is 23.0 Å². The van der Waals surface area contributed by atoms with E-state index in [2.05, 4.69) is 16.4 Å². The van der Waals surface area contributed by atoms with E-state index in [0.29, 0.717) is 31.6 Å². The van der Waals surface area contributed by atoms with E-state index in [-0.39, 0.29) is 11.5 Å². The minimum atomic E-state index is -0.116. The molecule has 0 spiro atoms. The number of aromatic amines is 1. The van der Waals surface area contributed by atoms with E-state index in [0.717, 1.165) is 28.5 Å². The van der Waals surface area contributed by atoms with Gasteiger partial charge in [0.2, 0.25) is 5.91 Å². The molecule has 1 amide bonds. The van der Waals surface area contributed by atoms with E-state index in [1.165, 1.54) is 0 Å². The van der Waals surface area contributed by atoms with Gasteiger partial charge >= 0.3 is 0 Å². The van der Waals surface area contributed by atoms with Gasteiger partial charge in [0.05, 0.1) is 0 Å². The lowest BCUT2D eigenvalue weighted by atomic mass is 10.0. The zero-order valence-electron chi connectivity index (χ0n) is 14.0. The number of carbonyl (C=O) groups excluding carboxylic acids is 1. The molecule has 0 aliphatic heterocycles. The largest absolute Gasteiger partial charge is 0.385 e. The Balaban J connectivity index is 2.04. The summed E-state index contributed by atoms with van der Waals surface area (Å²) in [4.78, 5) is 26.9. The van der Waals surface area contributed by atoms with Crippen LogP contribution in [0.5, 0.6) is 0 Å². The molecule has 1 heterocycles. The highest BCUT2D eigenvalue weighted by atomic mass is 16.5. The number of aromatic nitrogens is 1. The van der Waals surface area contributed by atoms with Crippen LogP contribution in [-0.2, 0) is 16.0 Å². The van der Waals surface area contributed by atoms with Crippen molar-refractivity contribution < 1.29 is 9.53 Å². The van der Waals surface area contributed by atoms with Crippen LogP contribution in [0.25, 0.3) is 10.9 Å². The predicted octanol–water partition coefficient (Wildman–Crippen LogP) is 2.23. The highest BCUT2D eigenvalue weighted by Crippen LogP contribution is 2.18. The van der Waals surface area contributed by atoms with Gasteiger partial charge in [-0.25, -0.2) is 0 Å². The van der Waals surface area contributed by atoms with Gasteiger partial charge in [-0.15, -0.1) is 0 Å². The standard InChI is InChI=1S/C18H24N2O3/c1-12-9-13(2)15-11-14(18(22)20-16(15)10-12)5-6-17(21)19-7-4-8-23-3/h9-11H,4-8H2,1-3H3,(H,19,21)(H,20,22). The molecular weight excluding hydrogens is 292 g/mol. The molecule has 5 heteroatoms. The van der Waals surface area contributed by atoms with Crippen LogP contribution in [0.4, 0.5) is 0 Å². The molecule has 2 rings (SSSR count). The number of benzene rings is 1. The number of rotatable bonds is 7. The molecular formula is C18H24N2O3. The number of H-pyrrole nitrogens is 1. The molecule has 1 aromatic heterocycles. The highest BCUT2D eigenvalue weighted by molar-refractivity contribution is 5.83. The average Bonchev–Trinajstić information content (AvgIpc) is 2.49. The summed E-state index contributed by atoms with van der Waals surface area (Å²) in [5, 5.41) is 3.87. The van der Waals surface area contributed by atoms with Gasteiger partial charge in [-0.2, -0.15) is 0 Å². The lowest BCUT2D eigenvalue weighted by Gasteiger charge is -2.08. The number of ether oxygens (including phenoxy) is 1. The van der Waals surface area contributed by atoms with Crippen molar-refractivity contribution in [2.45, 2.75) is 33.1 Å². The van der Waals surface area contributed by atoms with Crippen molar-refractivity contribution in [3.8, 4) is 0 Å². The number of carbonyl (C=O) groups is 1. The van der Waals surface area contributed by atoms with Crippen LogP contribution in [0.3, 0.4) is 0 Å². The molecule has 0 aliphatic rings. The summed E-state index contributed by atoms with van der Waals surface area (Å²) in [5.41, 5.74) is 3.63. The molecule has 0 radical (unpaired) electrons. The van der Waals surface area contributed by atoms with Crippen LogP contribution in [0, 0.1) is 13.8 Å². The Bertz CT molecular complexity index is 750. The number of nitrogens with one attached hydrogen (secondary N) is 2. The van der Waals surface area contributed by atoms with Gasteiger partial charge in [-0.05, 0) is 49.9 Å². The Morgan fingerprint density at radius 3 is 2.78 bits per heavy atom. The SMILES string of the molecule is COCCCNC(=O)CCc1cc2c(C)cc(C)cc2[nH]c1=O. The molecule has 23 heavy (non-hydrogen) atoms. The minimum Gasteiger partial charge on any atom is -0.385 e. The summed E-state index contributed by atoms with van der Waals surface area (Å²) in [6.07, 6.45) is 1.54. The van der Waals surface area contributed by atoms with Crippen molar-refractivity contribution in [1.29, 1.82) is 0 Å². The summed E-state index contributed by atoms with van der Waals surface area (Å²) in [7, 11) is 1.64. The number of aryl methyl sites for hydroxylation is 3. The zero-order chi connectivity index (χ0) is 16.8. The third-order valence-corrected chi connectivity index (χ3v) is 3.86. The summed E-state index contributed by atoms with van der Waals surface area (Å²) in [5.74, 6) is -0.0405. The van der Waals surface area contributed by atoms with Gasteiger partial charge < -0.3 is 15.0 Å². The van der Waals surface area contributed by atoms with E-state index in [1.807, 2.05) is 26.0 Å². The predicted molar refractivity (Wildman–Crippen MR) is 91.9 cm³/mol. The number of pyridine rings is 1. The molecule has 0 aliphatic carbocycles. The number of hydrogen-bond donors (Lipinski definition) is 2. The third kappa shape index (κ3) is 4.66. The summed E-state index contributed by atoms with van der Waals surface area (Å²) in [6, 6.07) is 5.96. The fraction of sp³-hybridized carbons (Fsp3) is 0.444. The van der Waals surface area contributed by atoms with E-state index in [1.54, 1.807) is 7.11 Å². The molecule has 5 nitrogen and oxygen atoms in total. The monoisotopic (exact) mass is 316 g/mol. The van der Waals surface area contributed by atoms with Crippen molar-refractivity contribution in [2.24, 2.45) is 0 Å². The van der Waals surface area contributed by atoms with Crippen molar-refractivity contribution in [2.75, 3.05) is 20.3 Å². The van der Waals surface area contributed by atoms with Crippen LogP contribution in [-0.4, -0.2) is 31.2 Å². The van der Waals surface area contributed by atoms with Crippen LogP contribution in [0.1, 0.15) is 29.5 Å². The molecule has 0 atom stereocenters. The average molecular weight is 316 g/mol. The Hall–Kier alpha value is -2.14. The molecule has 0 saturated heterocycles. The summed E-state index contributed by atoms with van der Waals surface area (Å²) in [6.45, 7) is 5.26. The molecule has 124 valence electrons. The minimum absolute atomic E-state index is 0.0405. The van der Waals surface area contributed by atoms with E-state index in [9.17, 15) is 9.59 Å². The smallest absolute Gasteiger partial charge is 0.251 e. The zero-order valence-corrected chi connectivity index (χ0v) is 14.0. The van der Waals surface area contributed by atoms with Crippen molar-refractivity contribution in [3.05, 3.63) is 45.2 Å². The quantitative estimate of drug-likeness (QED) is 0.770. The number of fused-ring (bicyclic) bond motifs is 1.